The van der Waals surface area contributed by atoms with Gasteiger partial charge in [-0.25, -0.2) is 4.39 Å². The molecule has 2 aliphatic rings. The number of ether oxygens (including phenoxy) is 1. The van der Waals surface area contributed by atoms with Crippen molar-refractivity contribution in [1.29, 1.82) is 0 Å². The van der Waals surface area contributed by atoms with Crippen molar-refractivity contribution in [1.82, 2.24) is 25.0 Å². The van der Waals surface area contributed by atoms with Crippen LogP contribution in [0, 0.1) is 5.82 Å². The van der Waals surface area contributed by atoms with Crippen molar-refractivity contribution < 1.29 is 18.7 Å². The van der Waals surface area contributed by atoms with Gasteiger partial charge < -0.3 is 19.5 Å². The van der Waals surface area contributed by atoms with Crippen LogP contribution in [0.2, 0.25) is 5.02 Å². The second-order valence-corrected chi connectivity index (χ2v) is 8.97. The summed E-state index contributed by atoms with van der Waals surface area (Å²) in [5, 5.41) is 8.08. The molecule has 1 aliphatic carbocycles. The number of carbonyl (C=O) groups excluding carboxylic acids is 2. The van der Waals surface area contributed by atoms with E-state index in [1.807, 2.05) is 0 Å². The van der Waals surface area contributed by atoms with Crippen molar-refractivity contribution in [3.05, 3.63) is 51.7 Å². The van der Waals surface area contributed by atoms with Crippen molar-refractivity contribution in [3.63, 3.8) is 0 Å². The summed E-state index contributed by atoms with van der Waals surface area (Å²) in [6.07, 6.45) is 2.34. The molecular formula is C22H23ClFN5O3. The minimum absolute atomic E-state index is 0.181. The summed E-state index contributed by atoms with van der Waals surface area (Å²) in [6, 6.07) is 4.16. The Morgan fingerprint density at radius 2 is 2.12 bits per heavy atom. The number of rotatable bonds is 5. The van der Waals surface area contributed by atoms with Gasteiger partial charge in [-0.1, -0.05) is 11.6 Å². The molecule has 168 valence electrons. The van der Waals surface area contributed by atoms with E-state index in [0.717, 1.165) is 24.1 Å². The van der Waals surface area contributed by atoms with E-state index in [1.165, 1.54) is 12.1 Å². The van der Waals surface area contributed by atoms with Crippen LogP contribution in [0.5, 0.6) is 0 Å². The molecule has 3 aromatic rings. The first-order chi connectivity index (χ1) is 15.3. The fourth-order valence-corrected chi connectivity index (χ4v) is 4.72. The predicted molar refractivity (Wildman–Crippen MR) is 116 cm³/mol. The van der Waals surface area contributed by atoms with Crippen LogP contribution in [0.15, 0.2) is 18.2 Å². The predicted octanol–water partition coefficient (Wildman–Crippen LogP) is 3.13. The Bertz CT molecular complexity index is 1230. The maximum absolute atomic E-state index is 13.7. The molecule has 0 saturated heterocycles. The number of fused-ring (bicyclic) bond motifs is 2. The largest absolute Gasteiger partial charge is 0.382 e. The minimum Gasteiger partial charge on any atom is -0.382 e. The quantitative estimate of drug-likeness (QED) is 0.613. The van der Waals surface area contributed by atoms with E-state index in [-0.39, 0.29) is 28.9 Å². The molecule has 32 heavy (non-hydrogen) atoms. The fourth-order valence-electron chi connectivity index (χ4n) is 4.46. The lowest BCUT2D eigenvalue weighted by Gasteiger charge is -2.29. The lowest BCUT2D eigenvalue weighted by molar-refractivity contribution is 0.0541. The second-order valence-electron chi connectivity index (χ2n) is 8.56. The first-order valence-corrected chi connectivity index (χ1v) is 10.8. The minimum atomic E-state index is -0.474. The smallest absolute Gasteiger partial charge is 0.274 e. The van der Waals surface area contributed by atoms with E-state index in [9.17, 15) is 14.0 Å². The third-order valence-electron chi connectivity index (χ3n) is 6.56. The number of halogens is 2. The zero-order valence-corrected chi connectivity index (χ0v) is 18.6. The van der Waals surface area contributed by atoms with Gasteiger partial charge in [-0.3, -0.25) is 14.7 Å². The van der Waals surface area contributed by atoms with Crippen LogP contribution in [0.25, 0.3) is 10.9 Å². The number of amides is 2. The van der Waals surface area contributed by atoms with Crippen LogP contribution in [-0.4, -0.2) is 69.6 Å². The van der Waals surface area contributed by atoms with E-state index in [4.69, 9.17) is 16.3 Å². The van der Waals surface area contributed by atoms with Crippen LogP contribution >= 0.6 is 11.6 Å². The van der Waals surface area contributed by atoms with Crippen LogP contribution in [-0.2, 0) is 17.7 Å². The molecule has 0 unspecified atom stereocenters. The van der Waals surface area contributed by atoms with Gasteiger partial charge >= 0.3 is 0 Å². The normalized spacial score (nSPS) is 16.8. The highest BCUT2D eigenvalue weighted by atomic mass is 35.5. The summed E-state index contributed by atoms with van der Waals surface area (Å²) in [6.45, 7) is 1.22. The number of aromatic amines is 2. The van der Waals surface area contributed by atoms with Crippen molar-refractivity contribution in [2.24, 2.45) is 0 Å². The number of nitrogens with one attached hydrogen (secondary N) is 2. The van der Waals surface area contributed by atoms with Crippen LogP contribution < -0.4 is 0 Å². The summed E-state index contributed by atoms with van der Waals surface area (Å²) < 4.78 is 19.0. The van der Waals surface area contributed by atoms with Gasteiger partial charge in [0.1, 0.15) is 11.5 Å². The van der Waals surface area contributed by atoms with Gasteiger partial charge in [-0.2, -0.15) is 5.10 Å². The Morgan fingerprint density at radius 1 is 1.34 bits per heavy atom. The monoisotopic (exact) mass is 459 g/mol. The van der Waals surface area contributed by atoms with Gasteiger partial charge in [0.05, 0.1) is 29.2 Å². The lowest BCUT2D eigenvalue weighted by atomic mass is 10.0. The molecule has 3 heterocycles. The van der Waals surface area contributed by atoms with E-state index in [0.29, 0.717) is 41.9 Å². The highest BCUT2D eigenvalue weighted by Crippen LogP contribution is 2.42. The zero-order valence-electron chi connectivity index (χ0n) is 17.8. The molecule has 1 aromatic carbocycles. The van der Waals surface area contributed by atoms with Gasteiger partial charge in [-0.05, 0) is 31.0 Å². The Kier molecular flexibility index (Phi) is 4.98. The molecule has 1 saturated carbocycles. The Labute approximate surface area is 188 Å². The van der Waals surface area contributed by atoms with Gasteiger partial charge in [0.15, 0.2) is 5.69 Å². The third kappa shape index (κ3) is 3.36. The SMILES string of the molecule is COCC1(N(C)C(=O)c2n[nH]c3c2CN(C(=O)c2cc4c(Cl)cc(F)cc4[nH]2)CC3)CC1. The van der Waals surface area contributed by atoms with Crippen molar-refractivity contribution in [2.75, 3.05) is 27.3 Å². The molecule has 2 N–H and O–H groups in total. The molecule has 2 amide bonds. The van der Waals surface area contributed by atoms with Crippen LogP contribution in [0.1, 0.15) is 45.1 Å². The molecule has 8 nitrogen and oxygen atoms in total. The number of H-pyrrole nitrogens is 2. The van der Waals surface area contributed by atoms with Gasteiger partial charge in [0.2, 0.25) is 0 Å². The Balaban J connectivity index is 1.39. The number of aromatic nitrogens is 3. The number of methoxy groups -OCH3 is 1. The molecular weight excluding hydrogens is 437 g/mol. The Morgan fingerprint density at radius 3 is 2.84 bits per heavy atom. The second kappa shape index (κ2) is 7.60. The van der Waals surface area contributed by atoms with E-state index in [2.05, 4.69) is 15.2 Å². The molecule has 1 fully saturated rings. The molecule has 0 atom stereocenters. The fraction of sp³-hybridized carbons (Fsp3) is 0.409. The number of benzene rings is 1. The summed E-state index contributed by atoms with van der Waals surface area (Å²) in [7, 11) is 3.40. The molecule has 1 aliphatic heterocycles. The van der Waals surface area contributed by atoms with E-state index < -0.39 is 5.82 Å². The number of carbonyl (C=O) groups is 2. The summed E-state index contributed by atoms with van der Waals surface area (Å²) in [4.78, 5) is 32.7. The van der Waals surface area contributed by atoms with Crippen molar-refractivity contribution >= 4 is 34.3 Å². The number of likely N-dealkylation sites (N-methyl/N-ethyl adjacent to an activating group) is 1. The van der Waals surface area contributed by atoms with Gasteiger partial charge in [-0.15, -0.1) is 0 Å². The van der Waals surface area contributed by atoms with E-state index in [1.54, 1.807) is 30.0 Å². The molecule has 5 rings (SSSR count). The highest BCUT2D eigenvalue weighted by Gasteiger charge is 2.49. The van der Waals surface area contributed by atoms with Gasteiger partial charge in [0.25, 0.3) is 11.8 Å². The maximum atomic E-state index is 13.7. The first kappa shape index (κ1) is 21.0. The number of nitrogens with zero attached hydrogens (tertiary/aromatic N) is 3. The maximum Gasteiger partial charge on any atom is 0.274 e. The average molecular weight is 460 g/mol. The summed E-state index contributed by atoms with van der Waals surface area (Å²) in [5.74, 6) is -0.896. The lowest BCUT2D eigenvalue weighted by Crippen LogP contribution is -2.43. The molecule has 10 heteroatoms. The van der Waals surface area contributed by atoms with Crippen LogP contribution in [0.3, 0.4) is 0 Å². The van der Waals surface area contributed by atoms with E-state index >= 15 is 0 Å². The summed E-state index contributed by atoms with van der Waals surface area (Å²) in [5.41, 5.74) is 2.44. The zero-order chi connectivity index (χ0) is 22.6. The molecule has 2 aromatic heterocycles. The summed E-state index contributed by atoms with van der Waals surface area (Å²) >= 11 is 6.12. The molecule has 0 bridgehead atoms. The standard InChI is InChI=1S/C22H23ClFN5O3/c1-28(22(4-5-22)11-32-2)21(31)19-14-10-29(6-3-16(14)26-27-19)20(30)18-9-13-15(23)7-12(24)8-17(13)25-18/h7-9,25H,3-6,10-11H2,1-2H3,(H,26,27). The third-order valence-corrected chi connectivity index (χ3v) is 6.88. The number of hydrogen-bond acceptors (Lipinski definition) is 4. The topological polar surface area (TPSA) is 94.3 Å². The average Bonchev–Trinajstić information content (AvgIpc) is 3.23. The highest BCUT2D eigenvalue weighted by molar-refractivity contribution is 6.35. The molecule has 0 spiro atoms. The van der Waals surface area contributed by atoms with Crippen molar-refractivity contribution in [3.8, 4) is 0 Å². The Hall–Kier alpha value is -2.91. The molecule has 0 radical (unpaired) electrons. The van der Waals surface area contributed by atoms with Gasteiger partial charge in [0, 0.05) is 43.8 Å². The van der Waals surface area contributed by atoms with Crippen molar-refractivity contribution in [2.45, 2.75) is 31.3 Å². The number of hydrogen-bond donors (Lipinski definition) is 2. The first-order valence-electron chi connectivity index (χ1n) is 10.4. The van der Waals surface area contributed by atoms with Crippen LogP contribution in [0.4, 0.5) is 4.39 Å².